The van der Waals surface area contributed by atoms with Crippen molar-refractivity contribution in [3.05, 3.63) is 63.0 Å². The average molecular weight is 450 g/mol. The SMILES string of the molecule is COc1cc(C=C2SC(=S)N(C)C2=O)ccc1OCc1ccc(Br)cc1. The maximum absolute atomic E-state index is 12.1. The Kier molecular flexibility index (Phi) is 6.01. The number of rotatable bonds is 5. The van der Waals surface area contributed by atoms with Crippen LogP contribution in [-0.2, 0) is 11.4 Å². The Balaban J connectivity index is 1.76. The molecule has 0 atom stereocenters. The normalized spacial score (nSPS) is 15.7. The van der Waals surface area contributed by atoms with Crippen molar-refractivity contribution in [2.24, 2.45) is 0 Å². The maximum Gasteiger partial charge on any atom is 0.265 e. The van der Waals surface area contributed by atoms with Gasteiger partial charge in [0.25, 0.3) is 5.91 Å². The fourth-order valence-electron chi connectivity index (χ4n) is 2.33. The smallest absolute Gasteiger partial charge is 0.265 e. The number of nitrogens with zero attached hydrogens (tertiary/aromatic N) is 1. The number of hydrogen-bond acceptors (Lipinski definition) is 5. The van der Waals surface area contributed by atoms with Crippen molar-refractivity contribution >= 4 is 56.2 Å². The monoisotopic (exact) mass is 449 g/mol. The van der Waals surface area contributed by atoms with Crippen LogP contribution in [0.5, 0.6) is 11.5 Å². The van der Waals surface area contributed by atoms with Crippen molar-refractivity contribution in [3.63, 3.8) is 0 Å². The van der Waals surface area contributed by atoms with E-state index in [0.717, 1.165) is 15.6 Å². The quantitative estimate of drug-likeness (QED) is 0.480. The van der Waals surface area contributed by atoms with Crippen LogP contribution < -0.4 is 9.47 Å². The van der Waals surface area contributed by atoms with Crippen LogP contribution in [-0.4, -0.2) is 29.3 Å². The first-order valence-corrected chi connectivity index (χ1v) is 9.76. The van der Waals surface area contributed by atoms with Crippen molar-refractivity contribution in [2.75, 3.05) is 14.2 Å². The lowest BCUT2D eigenvalue weighted by Crippen LogP contribution is -2.22. The standard InChI is InChI=1S/C19H16BrNO3S2/c1-21-18(22)17(26-19(21)25)10-13-5-8-15(16(9-13)23-2)24-11-12-3-6-14(20)7-4-12/h3-10H,11H2,1-2H3. The maximum atomic E-state index is 12.1. The van der Waals surface area contributed by atoms with Crippen LogP contribution in [0.1, 0.15) is 11.1 Å². The van der Waals surface area contributed by atoms with E-state index >= 15 is 0 Å². The van der Waals surface area contributed by atoms with Gasteiger partial charge in [0.1, 0.15) is 10.9 Å². The second-order valence-electron chi connectivity index (χ2n) is 5.57. The van der Waals surface area contributed by atoms with Gasteiger partial charge < -0.3 is 9.47 Å². The van der Waals surface area contributed by atoms with Crippen LogP contribution in [0.4, 0.5) is 0 Å². The highest BCUT2D eigenvalue weighted by atomic mass is 79.9. The Hall–Kier alpha value is -1.83. The van der Waals surface area contributed by atoms with E-state index in [2.05, 4.69) is 15.9 Å². The molecule has 2 aromatic rings. The molecule has 0 bridgehead atoms. The van der Waals surface area contributed by atoms with Crippen LogP contribution >= 0.6 is 39.9 Å². The molecule has 7 heteroatoms. The molecule has 0 aromatic heterocycles. The number of amides is 1. The predicted octanol–water partition coefficient (Wildman–Crippen LogP) is 4.87. The van der Waals surface area contributed by atoms with E-state index in [1.807, 2.05) is 48.5 Å². The summed E-state index contributed by atoms with van der Waals surface area (Å²) in [5.41, 5.74) is 1.91. The van der Waals surface area contributed by atoms with Gasteiger partial charge in [0.15, 0.2) is 11.5 Å². The van der Waals surface area contributed by atoms with Gasteiger partial charge in [-0.3, -0.25) is 9.69 Å². The van der Waals surface area contributed by atoms with Crippen molar-refractivity contribution in [1.29, 1.82) is 0 Å². The Morgan fingerprint density at radius 1 is 1.19 bits per heavy atom. The first kappa shape index (κ1) is 18.9. The molecule has 0 radical (unpaired) electrons. The molecule has 1 aliphatic heterocycles. The zero-order valence-corrected chi connectivity index (χ0v) is 17.4. The minimum absolute atomic E-state index is 0.0884. The van der Waals surface area contributed by atoms with Crippen LogP contribution in [0.25, 0.3) is 6.08 Å². The number of methoxy groups -OCH3 is 1. The van der Waals surface area contributed by atoms with Crippen molar-refractivity contribution in [2.45, 2.75) is 6.61 Å². The number of hydrogen-bond donors (Lipinski definition) is 0. The van der Waals surface area contributed by atoms with Gasteiger partial charge in [-0.2, -0.15) is 0 Å². The number of benzene rings is 2. The molecule has 0 spiro atoms. The van der Waals surface area contributed by atoms with E-state index in [-0.39, 0.29) is 5.91 Å². The molecule has 1 aliphatic rings. The van der Waals surface area contributed by atoms with E-state index in [1.165, 1.54) is 16.7 Å². The first-order valence-electron chi connectivity index (χ1n) is 7.75. The number of likely N-dealkylation sites (N-methyl/N-ethyl adjacent to an activating group) is 1. The number of thiocarbonyl (C=S) groups is 1. The Morgan fingerprint density at radius 3 is 2.54 bits per heavy atom. The summed E-state index contributed by atoms with van der Waals surface area (Å²) in [6.45, 7) is 0.442. The molecule has 4 nitrogen and oxygen atoms in total. The van der Waals surface area contributed by atoms with Crippen LogP contribution in [0.3, 0.4) is 0 Å². The van der Waals surface area contributed by atoms with Gasteiger partial charge in [0.2, 0.25) is 0 Å². The molecule has 2 aromatic carbocycles. The molecule has 26 heavy (non-hydrogen) atoms. The van der Waals surface area contributed by atoms with Crippen molar-refractivity contribution in [3.8, 4) is 11.5 Å². The molecule has 0 N–H and O–H groups in total. The average Bonchev–Trinajstić information content (AvgIpc) is 2.88. The summed E-state index contributed by atoms with van der Waals surface area (Å²) in [6.07, 6.45) is 1.81. The molecule has 3 rings (SSSR count). The summed E-state index contributed by atoms with van der Waals surface area (Å²) in [7, 11) is 3.27. The second kappa shape index (κ2) is 8.24. The van der Waals surface area contributed by atoms with E-state index in [1.54, 1.807) is 14.2 Å². The Morgan fingerprint density at radius 2 is 1.92 bits per heavy atom. The molecule has 1 fully saturated rings. The summed E-state index contributed by atoms with van der Waals surface area (Å²) in [6, 6.07) is 13.5. The summed E-state index contributed by atoms with van der Waals surface area (Å²) in [5, 5.41) is 0. The lowest BCUT2D eigenvalue weighted by molar-refractivity contribution is -0.121. The number of carbonyl (C=O) groups is 1. The Bertz CT molecular complexity index is 881. The minimum Gasteiger partial charge on any atom is -0.493 e. The summed E-state index contributed by atoms with van der Waals surface area (Å²) >= 11 is 9.86. The molecular formula is C19H16BrNO3S2. The summed E-state index contributed by atoms with van der Waals surface area (Å²) in [4.78, 5) is 14.2. The first-order chi connectivity index (χ1) is 12.5. The lowest BCUT2D eigenvalue weighted by Gasteiger charge is -2.11. The third kappa shape index (κ3) is 4.28. The highest BCUT2D eigenvalue weighted by Gasteiger charge is 2.28. The van der Waals surface area contributed by atoms with Crippen LogP contribution in [0.2, 0.25) is 0 Å². The van der Waals surface area contributed by atoms with Gasteiger partial charge >= 0.3 is 0 Å². The van der Waals surface area contributed by atoms with Crippen LogP contribution in [0.15, 0.2) is 51.8 Å². The molecule has 0 aliphatic carbocycles. The minimum atomic E-state index is -0.0884. The molecule has 1 heterocycles. The van der Waals surface area contributed by atoms with Crippen molar-refractivity contribution < 1.29 is 14.3 Å². The van der Waals surface area contributed by atoms with Gasteiger partial charge in [0, 0.05) is 11.5 Å². The van der Waals surface area contributed by atoms with E-state index in [0.29, 0.717) is 27.3 Å². The second-order valence-corrected chi connectivity index (χ2v) is 8.16. The van der Waals surface area contributed by atoms with Crippen LogP contribution in [0, 0.1) is 0 Å². The zero-order chi connectivity index (χ0) is 18.7. The molecular weight excluding hydrogens is 434 g/mol. The van der Waals surface area contributed by atoms with E-state index in [9.17, 15) is 4.79 Å². The largest absolute Gasteiger partial charge is 0.493 e. The third-order valence-electron chi connectivity index (χ3n) is 3.78. The fraction of sp³-hybridized carbons (Fsp3) is 0.158. The highest BCUT2D eigenvalue weighted by Crippen LogP contribution is 2.34. The van der Waals surface area contributed by atoms with Crippen molar-refractivity contribution in [1.82, 2.24) is 4.90 Å². The predicted molar refractivity (Wildman–Crippen MR) is 112 cm³/mol. The highest BCUT2D eigenvalue weighted by molar-refractivity contribution is 9.10. The number of thioether (sulfide) groups is 1. The van der Waals surface area contributed by atoms with E-state index < -0.39 is 0 Å². The van der Waals surface area contributed by atoms with Gasteiger partial charge in [-0.25, -0.2) is 0 Å². The van der Waals surface area contributed by atoms with Gasteiger partial charge in [-0.15, -0.1) is 0 Å². The Labute approximate surface area is 170 Å². The fourth-order valence-corrected chi connectivity index (χ4v) is 3.78. The van der Waals surface area contributed by atoms with Gasteiger partial charge in [0.05, 0.1) is 12.0 Å². The number of carbonyl (C=O) groups excluding carboxylic acids is 1. The van der Waals surface area contributed by atoms with Gasteiger partial charge in [-0.05, 0) is 41.5 Å². The van der Waals surface area contributed by atoms with Gasteiger partial charge in [-0.1, -0.05) is 58.1 Å². The molecule has 1 saturated heterocycles. The molecule has 0 unspecified atom stereocenters. The summed E-state index contributed by atoms with van der Waals surface area (Å²) < 4.78 is 12.9. The third-order valence-corrected chi connectivity index (χ3v) is 5.79. The summed E-state index contributed by atoms with van der Waals surface area (Å²) in [5.74, 6) is 1.17. The lowest BCUT2D eigenvalue weighted by atomic mass is 10.2. The molecule has 0 saturated carbocycles. The topological polar surface area (TPSA) is 38.8 Å². The molecule has 1 amide bonds. The number of ether oxygens (including phenoxy) is 2. The number of halogens is 1. The molecule has 134 valence electrons. The zero-order valence-electron chi connectivity index (χ0n) is 14.2. The van der Waals surface area contributed by atoms with E-state index in [4.69, 9.17) is 21.7 Å².